The number of thiocarbonyl (C=S) groups is 3. The molecule has 0 fully saturated rings. The van der Waals surface area contributed by atoms with Crippen molar-refractivity contribution >= 4 is 69.7 Å². The van der Waals surface area contributed by atoms with E-state index in [1.165, 1.54) is 0 Å². The minimum absolute atomic E-state index is 0.0387. The fourth-order valence-corrected chi connectivity index (χ4v) is 13.8. The van der Waals surface area contributed by atoms with E-state index in [0.29, 0.717) is 47.1 Å². The summed E-state index contributed by atoms with van der Waals surface area (Å²) in [5, 5.41) is 37.3. The molecule has 3 N–H and O–H groups in total. The first-order valence-electron chi connectivity index (χ1n) is 36.7. The van der Waals surface area contributed by atoms with Gasteiger partial charge < -0.3 is 43.7 Å². The van der Waals surface area contributed by atoms with Gasteiger partial charge in [0.2, 0.25) is 0 Å². The molecule has 0 spiro atoms. The number of phenols is 3. The van der Waals surface area contributed by atoms with Crippen molar-refractivity contribution in [1.29, 1.82) is 0 Å². The molecule has 0 aliphatic rings. The molecule has 102 heavy (non-hydrogen) atoms. The van der Waals surface area contributed by atoms with Crippen LogP contribution in [0.1, 0.15) is 332 Å². The zero-order chi connectivity index (χ0) is 78.2. The first kappa shape index (κ1) is 88.0. The standard InChI is InChI=1S/C81H123N3O15S3/c1-28-37-79(67(88)94-40-31-4,64(97-58(100)34-7)49-43-52(73(10,11)12)61(85)53(44-49)74(13,14)15)82-70(91)83(80(38-29-2,68(89)95-41-32-5)65(98-59(101)35-8)50-45-54(75(16,17)18)62(86)55(46-50)76(19,20)21)72(93)84(71(82)92)81(39-30-3,69(90)96-42-33-6)66(99-60(102)36-9)51-47-56(77(22,23)24)63(87)57(48-51)78(25,26)27/h43-48,64-66,85-87H,28-42H2,1-27H3. The topological polar surface area (TPSA) is 233 Å². The number of hydrogen-bond acceptors (Lipinski definition) is 18. The molecule has 3 aromatic carbocycles. The molecule has 6 atom stereocenters. The Labute approximate surface area is 624 Å². The average Bonchev–Trinajstić information content (AvgIpc) is 0.689. The van der Waals surface area contributed by atoms with Gasteiger partial charge in [-0.2, -0.15) is 0 Å². The molecule has 0 radical (unpaired) electrons. The van der Waals surface area contributed by atoms with Crippen LogP contribution in [-0.4, -0.2) is 81.9 Å². The van der Waals surface area contributed by atoms with E-state index in [-0.39, 0.29) is 127 Å². The van der Waals surface area contributed by atoms with Gasteiger partial charge in [-0.15, -0.1) is 0 Å². The van der Waals surface area contributed by atoms with E-state index < -0.39 is 122 Å². The van der Waals surface area contributed by atoms with Crippen molar-refractivity contribution in [3.63, 3.8) is 0 Å². The van der Waals surface area contributed by atoms with Crippen LogP contribution >= 0.6 is 36.7 Å². The van der Waals surface area contributed by atoms with Crippen LogP contribution in [0.5, 0.6) is 17.2 Å². The number of benzene rings is 3. The fraction of sp³-hybridized carbons (Fsp3) is 0.667. The summed E-state index contributed by atoms with van der Waals surface area (Å²) in [5.41, 5.74) is -15.6. The number of carbonyl (C=O) groups excluding carboxylic acids is 3. The summed E-state index contributed by atoms with van der Waals surface area (Å²) in [6.45, 7) is 48.9. The number of phenolic OH excluding ortho intramolecular Hbond substituents is 3. The van der Waals surface area contributed by atoms with E-state index in [1.54, 1.807) is 98.7 Å². The van der Waals surface area contributed by atoms with Crippen LogP contribution in [0, 0.1) is 0 Å². The van der Waals surface area contributed by atoms with Gasteiger partial charge in [-0.05, 0) is 194 Å². The number of aromatic nitrogens is 3. The zero-order valence-electron chi connectivity index (χ0n) is 66.6. The Morgan fingerprint density at radius 1 is 0.343 bits per heavy atom. The maximum atomic E-state index is 18.2. The van der Waals surface area contributed by atoms with Crippen molar-refractivity contribution in [3.05, 3.63) is 118 Å². The third-order valence-electron chi connectivity index (χ3n) is 18.7. The monoisotopic (exact) mass is 1470 g/mol. The van der Waals surface area contributed by atoms with Crippen LogP contribution < -0.4 is 17.1 Å². The Kier molecular flexibility index (Phi) is 29.5. The largest absolute Gasteiger partial charge is 0.507 e. The number of rotatable bonds is 30. The van der Waals surface area contributed by atoms with Gasteiger partial charge in [-0.25, -0.2) is 42.5 Å². The molecule has 4 aromatic rings. The van der Waals surface area contributed by atoms with Crippen LogP contribution in [0.25, 0.3) is 0 Å². The quantitative estimate of drug-likeness (QED) is 0.0250. The molecule has 0 amide bonds. The fourth-order valence-electron chi connectivity index (χ4n) is 13.5. The molecule has 6 unspecified atom stereocenters. The molecule has 21 heteroatoms. The van der Waals surface area contributed by atoms with E-state index in [1.807, 2.05) is 125 Å². The lowest BCUT2D eigenvalue weighted by Crippen LogP contribution is -2.72. The summed E-state index contributed by atoms with van der Waals surface area (Å²) < 4.78 is 42.5. The minimum Gasteiger partial charge on any atom is -0.507 e. The maximum absolute atomic E-state index is 18.2. The summed E-state index contributed by atoms with van der Waals surface area (Å²) in [6, 6.07) is 9.90. The van der Waals surface area contributed by atoms with E-state index in [2.05, 4.69) is 0 Å². The molecule has 1 heterocycles. The summed E-state index contributed by atoms with van der Waals surface area (Å²) in [6.07, 6.45) is -6.53. The predicted molar refractivity (Wildman–Crippen MR) is 418 cm³/mol. The minimum atomic E-state index is -2.86. The molecular weight excluding hydrogens is 1350 g/mol. The predicted octanol–water partition coefficient (Wildman–Crippen LogP) is 17.9. The van der Waals surface area contributed by atoms with Gasteiger partial charge in [0.15, 0.2) is 50.1 Å². The van der Waals surface area contributed by atoms with Crippen molar-refractivity contribution < 1.29 is 58.1 Å². The van der Waals surface area contributed by atoms with Crippen molar-refractivity contribution in [1.82, 2.24) is 13.7 Å². The summed E-state index contributed by atoms with van der Waals surface area (Å²) in [4.78, 5) is 106. The smallest absolute Gasteiger partial charge is 0.338 e. The van der Waals surface area contributed by atoms with E-state index >= 15 is 28.8 Å². The maximum Gasteiger partial charge on any atom is 0.338 e. The van der Waals surface area contributed by atoms with Gasteiger partial charge in [0.05, 0.1) is 19.8 Å². The lowest BCUT2D eigenvalue weighted by atomic mass is 9.74. The van der Waals surface area contributed by atoms with E-state index in [9.17, 15) is 15.3 Å². The summed E-state index contributed by atoms with van der Waals surface area (Å²) in [7, 11) is 0. The number of nitrogens with zero attached hydrogens (tertiary/aromatic N) is 3. The number of ether oxygens (including phenoxy) is 6. The van der Waals surface area contributed by atoms with Gasteiger partial charge in [-0.1, -0.05) is 206 Å². The van der Waals surface area contributed by atoms with Gasteiger partial charge in [-0.3, -0.25) is 0 Å². The van der Waals surface area contributed by atoms with Crippen molar-refractivity contribution in [3.8, 4) is 17.2 Å². The van der Waals surface area contributed by atoms with Crippen LogP contribution in [0.15, 0.2) is 50.8 Å². The molecular formula is C81H123N3O15S3. The third kappa shape index (κ3) is 18.2. The Bertz CT molecular complexity index is 3350. The average molecular weight is 1480 g/mol. The third-order valence-corrected chi connectivity index (χ3v) is 19.8. The summed E-state index contributed by atoms with van der Waals surface area (Å²) >= 11 is 18.3. The van der Waals surface area contributed by atoms with Gasteiger partial charge in [0.1, 0.15) is 17.2 Å². The van der Waals surface area contributed by atoms with E-state index in [0.717, 1.165) is 0 Å². The zero-order valence-corrected chi connectivity index (χ0v) is 69.1. The number of hydrogen-bond donors (Lipinski definition) is 3. The number of aromatic hydroxyl groups is 3. The van der Waals surface area contributed by atoms with Crippen molar-refractivity contribution in [2.75, 3.05) is 19.8 Å². The number of carbonyl (C=O) groups is 3. The molecule has 0 bridgehead atoms. The highest BCUT2D eigenvalue weighted by Crippen LogP contribution is 2.52. The molecule has 0 aliphatic carbocycles. The highest BCUT2D eigenvalue weighted by atomic mass is 32.1. The van der Waals surface area contributed by atoms with Crippen LogP contribution in [0.3, 0.4) is 0 Å². The first-order chi connectivity index (χ1) is 47.0. The Balaban J connectivity index is 3.03. The second-order valence-corrected chi connectivity index (χ2v) is 34.7. The van der Waals surface area contributed by atoms with Crippen molar-refractivity contribution in [2.45, 2.75) is 331 Å². The highest BCUT2D eigenvalue weighted by molar-refractivity contribution is 7.80. The molecule has 0 saturated heterocycles. The van der Waals surface area contributed by atoms with Crippen LogP contribution in [0.4, 0.5) is 0 Å². The highest BCUT2D eigenvalue weighted by Gasteiger charge is 2.62. The first-order valence-corrected chi connectivity index (χ1v) is 38.0. The molecule has 0 saturated carbocycles. The Morgan fingerprint density at radius 3 is 0.657 bits per heavy atom. The van der Waals surface area contributed by atoms with Crippen molar-refractivity contribution in [2.24, 2.45) is 0 Å². The molecule has 18 nitrogen and oxygen atoms in total. The Hall–Kier alpha value is -6.45. The van der Waals surface area contributed by atoms with Crippen LogP contribution in [0.2, 0.25) is 0 Å². The van der Waals surface area contributed by atoms with Gasteiger partial charge in [0.25, 0.3) is 0 Å². The number of esters is 3. The molecule has 570 valence electrons. The molecule has 4 rings (SSSR count). The second-order valence-electron chi connectivity index (χ2n) is 33.3. The van der Waals surface area contributed by atoms with Gasteiger partial charge >= 0.3 is 35.0 Å². The lowest BCUT2D eigenvalue weighted by Gasteiger charge is -2.45. The lowest BCUT2D eigenvalue weighted by molar-refractivity contribution is -0.166. The molecule has 1 aromatic heterocycles. The Morgan fingerprint density at radius 2 is 0.520 bits per heavy atom. The van der Waals surface area contributed by atoms with Gasteiger partial charge in [0, 0.05) is 19.3 Å². The normalized spacial score (nSPS) is 15.2. The SMILES string of the molecule is CCCOC(=O)C(CCC)(C(OC(=S)CC)c1cc(C(C)(C)C)c(O)c(C(C)(C)C)c1)n1c(=O)n(C(CCC)(C(=O)OCCC)C(OC(=S)CC)c2cc(C(C)(C)C)c(O)c(C(C)(C)C)c2)c(=O)n(C(CCC)(C(=O)OCCC)C(OC(=S)CC)c2cc(C(C)(C)C)c(O)c(C(C)(C)C)c2)c1=O. The van der Waals surface area contributed by atoms with Crippen LogP contribution in [-0.2, 0) is 91.9 Å². The van der Waals surface area contributed by atoms with E-state index in [4.69, 9.17) is 65.1 Å². The molecule has 0 aliphatic heterocycles. The summed E-state index contributed by atoms with van der Waals surface area (Å²) in [5.74, 6) is -3.80. The second kappa shape index (κ2) is 34.2.